The Kier molecular flexibility index (Phi) is 10.2. The van der Waals surface area contributed by atoms with E-state index >= 15 is 0 Å². The van der Waals surface area contributed by atoms with Crippen LogP contribution in [0.15, 0.2) is 109 Å². The van der Waals surface area contributed by atoms with Crippen molar-refractivity contribution >= 4 is 230 Å². The maximum atomic E-state index is 2.59. The van der Waals surface area contributed by atoms with Crippen molar-refractivity contribution in [1.29, 1.82) is 0 Å². The molecule has 0 radical (unpaired) electrons. The molecule has 0 saturated heterocycles. The van der Waals surface area contributed by atoms with Gasteiger partial charge in [-0.1, -0.05) is 174 Å². The number of nitrogens with zero attached hydrogens (tertiary/aromatic N) is 2. The molecule has 10 rings (SSSR count). The van der Waals surface area contributed by atoms with Crippen LogP contribution in [0.5, 0.6) is 0 Å². The lowest BCUT2D eigenvalue weighted by Gasteiger charge is -2.20. The van der Waals surface area contributed by atoms with Gasteiger partial charge in [0.2, 0.25) is 0 Å². The Morgan fingerprint density at radius 2 is 0.578 bits per heavy atom. The molecule has 0 aliphatic rings. The number of hydrogen-bond acceptors (Lipinski definition) is 0. The Labute approximate surface area is 390 Å². The van der Waals surface area contributed by atoms with Gasteiger partial charge in [-0.3, -0.25) is 0 Å². The standard InChI is InChI=1S/C48H46B14N2/c49-25-7-3-1-5-21(25)19-9-11-35(27(51)13-19)63-45-31(55)15-23(41(59)37(45)39-43(61)29(53)17-33(57)47(39)63)24-16-32(56)46-38(42(24)60)40-44(62)30(54)18-34(58)48(40)64(46)36-12-10-20(14-28(36)52)22-6-2-4-8-26(22)50/h1-18H,49-62H2. The lowest BCUT2D eigenvalue weighted by atomic mass is 9.70. The first-order chi connectivity index (χ1) is 30.6. The lowest BCUT2D eigenvalue weighted by molar-refractivity contribution is 1.20. The molecule has 0 fully saturated rings. The number of hydrogen-bond donors (Lipinski definition) is 0. The zero-order valence-corrected chi connectivity index (χ0v) is 40.3. The first-order valence-corrected chi connectivity index (χ1v) is 23.0. The van der Waals surface area contributed by atoms with E-state index < -0.39 is 0 Å². The van der Waals surface area contributed by atoms with Gasteiger partial charge in [0.1, 0.15) is 110 Å². The second-order valence-corrected chi connectivity index (χ2v) is 19.2. The van der Waals surface area contributed by atoms with Gasteiger partial charge in [-0.15, -0.1) is 0 Å². The topological polar surface area (TPSA) is 9.86 Å². The minimum atomic E-state index is 1.24. The maximum absolute atomic E-state index is 2.59. The predicted molar refractivity (Wildman–Crippen MR) is 326 cm³/mol. The molecule has 0 saturated carbocycles. The first-order valence-electron chi connectivity index (χ1n) is 23.0. The van der Waals surface area contributed by atoms with Crippen LogP contribution in [0.4, 0.5) is 0 Å². The number of fused-ring (bicyclic) bond motifs is 6. The van der Waals surface area contributed by atoms with Gasteiger partial charge in [0.05, 0.1) is 0 Å². The largest absolute Gasteiger partial charge is 0.311 e. The van der Waals surface area contributed by atoms with Crippen LogP contribution in [0.25, 0.3) is 88.4 Å². The SMILES string of the molecule is Bc1ccccc1-c1ccc(-n2c3c(B)cc(B)c(B)c3c3c(B)c(-c4cc(B)c5c(c4B)c4c(B)c(B)cc(B)c4n5-c4ccc(-c5ccccc5B)cc4B)cc(B)c32)c(B)c1. The fourth-order valence-electron chi connectivity index (χ4n) is 11.5. The molecular weight excluding hydrogens is 756 g/mol. The quantitative estimate of drug-likeness (QED) is 0.153. The van der Waals surface area contributed by atoms with E-state index in [4.69, 9.17) is 0 Å². The van der Waals surface area contributed by atoms with Crippen LogP contribution >= 0.6 is 0 Å². The highest BCUT2D eigenvalue weighted by atomic mass is 15.0. The molecule has 2 aromatic heterocycles. The normalized spacial score (nSPS) is 11.7. The van der Waals surface area contributed by atoms with E-state index in [1.807, 2.05) is 0 Å². The van der Waals surface area contributed by atoms with Crippen molar-refractivity contribution in [2.45, 2.75) is 0 Å². The Bertz CT molecular complexity index is 3440. The molecule has 290 valence electrons. The minimum Gasteiger partial charge on any atom is -0.311 e. The average Bonchev–Trinajstić information content (AvgIpc) is 3.82. The Hall–Kier alpha value is -5.73. The maximum Gasteiger partial charge on any atom is 0.142 e. The van der Waals surface area contributed by atoms with E-state index in [-0.39, 0.29) is 0 Å². The number of benzene rings is 8. The van der Waals surface area contributed by atoms with E-state index in [0.29, 0.717) is 0 Å². The summed E-state index contributed by atoms with van der Waals surface area (Å²) in [6.45, 7) is 0. The third-order valence-electron chi connectivity index (χ3n) is 15.0. The fraction of sp³-hybridized carbons (Fsp3) is 0. The van der Waals surface area contributed by atoms with Gasteiger partial charge in [-0.2, -0.15) is 0 Å². The van der Waals surface area contributed by atoms with Crippen LogP contribution in [-0.4, -0.2) is 119 Å². The third kappa shape index (κ3) is 6.22. The third-order valence-corrected chi connectivity index (χ3v) is 15.0. The highest BCUT2D eigenvalue weighted by Crippen LogP contribution is 2.34. The van der Waals surface area contributed by atoms with Crippen LogP contribution in [0.1, 0.15) is 0 Å². The van der Waals surface area contributed by atoms with Gasteiger partial charge in [0, 0.05) is 44.2 Å². The number of aromatic nitrogens is 2. The van der Waals surface area contributed by atoms with E-state index in [2.05, 4.69) is 228 Å². The summed E-state index contributed by atoms with van der Waals surface area (Å²) in [7, 11) is 32.2. The highest BCUT2D eigenvalue weighted by molar-refractivity contribution is 6.63. The summed E-state index contributed by atoms with van der Waals surface area (Å²) in [5.74, 6) is 0. The van der Waals surface area contributed by atoms with Crippen molar-refractivity contribution in [3.63, 3.8) is 0 Å². The molecule has 2 heterocycles. The van der Waals surface area contributed by atoms with Crippen molar-refractivity contribution in [3.8, 4) is 44.8 Å². The highest BCUT2D eigenvalue weighted by Gasteiger charge is 2.26. The number of rotatable bonds is 5. The summed E-state index contributed by atoms with van der Waals surface area (Å²) < 4.78 is 5.18. The van der Waals surface area contributed by atoms with Gasteiger partial charge in [-0.25, -0.2) is 0 Å². The summed E-state index contributed by atoms with van der Waals surface area (Å²) in [5, 5.41) is 5.47. The Morgan fingerprint density at radius 3 is 0.922 bits per heavy atom. The molecule has 0 aliphatic carbocycles. The smallest absolute Gasteiger partial charge is 0.142 e. The molecule has 0 N–H and O–H groups in total. The molecule has 10 aromatic rings. The van der Waals surface area contributed by atoms with E-state index in [1.165, 1.54) is 165 Å². The van der Waals surface area contributed by atoms with Crippen LogP contribution in [0, 0.1) is 0 Å². The van der Waals surface area contributed by atoms with Crippen LogP contribution < -0.4 is 76.5 Å². The molecular formula is C48H46B14N2. The first kappa shape index (κ1) is 42.2. The summed E-state index contributed by atoms with van der Waals surface area (Å²) in [5.41, 5.74) is 33.8. The molecule has 0 atom stereocenters. The lowest BCUT2D eigenvalue weighted by Crippen LogP contribution is -2.32. The second-order valence-electron chi connectivity index (χ2n) is 19.2. The molecule has 0 aliphatic heterocycles. The molecule has 8 aromatic carbocycles. The monoisotopic (exact) mass is 804 g/mol. The zero-order valence-electron chi connectivity index (χ0n) is 40.3. The van der Waals surface area contributed by atoms with Crippen molar-refractivity contribution in [2.75, 3.05) is 0 Å². The fourth-order valence-corrected chi connectivity index (χ4v) is 11.5. The molecule has 2 nitrogen and oxygen atoms in total. The molecule has 0 bridgehead atoms. The van der Waals surface area contributed by atoms with Crippen molar-refractivity contribution in [3.05, 3.63) is 109 Å². The summed E-state index contributed by atoms with van der Waals surface area (Å²) in [6, 6.07) is 41.3. The van der Waals surface area contributed by atoms with Crippen LogP contribution in [0.3, 0.4) is 0 Å². The van der Waals surface area contributed by atoms with Gasteiger partial charge in [-0.05, 0) is 56.3 Å². The second kappa shape index (κ2) is 15.5. The summed E-state index contributed by atoms with van der Waals surface area (Å²) >= 11 is 0. The molecule has 16 heteroatoms. The Balaban J connectivity index is 1.26. The van der Waals surface area contributed by atoms with Gasteiger partial charge >= 0.3 is 0 Å². The molecule has 0 unspecified atom stereocenters. The Morgan fingerprint density at radius 1 is 0.250 bits per heavy atom. The van der Waals surface area contributed by atoms with E-state index in [0.717, 1.165) is 0 Å². The molecule has 64 heavy (non-hydrogen) atoms. The van der Waals surface area contributed by atoms with Gasteiger partial charge in [0.25, 0.3) is 0 Å². The average molecular weight is 802 g/mol. The van der Waals surface area contributed by atoms with Crippen molar-refractivity contribution in [2.24, 2.45) is 0 Å². The van der Waals surface area contributed by atoms with Crippen molar-refractivity contribution in [1.82, 2.24) is 9.13 Å². The van der Waals surface area contributed by atoms with Gasteiger partial charge in [0.15, 0.2) is 0 Å². The van der Waals surface area contributed by atoms with Crippen molar-refractivity contribution < 1.29 is 0 Å². The minimum absolute atomic E-state index is 1.24. The van der Waals surface area contributed by atoms with Crippen LogP contribution in [-0.2, 0) is 0 Å². The van der Waals surface area contributed by atoms with Gasteiger partial charge < -0.3 is 9.13 Å². The summed E-state index contributed by atoms with van der Waals surface area (Å²) in [4.78, 5) is 0. The van der Waals surface area contributed by atoms with Crippen LogP contribution in [0.2, 0.25) is 0 Å². The predicted octanol–water partition coefficient (Wildman–Crippen LogP) is -11.5. The zero-order chi connectivity index (χ0) is 45.2. The molecule has 0 spiro atoms. The summed E-state index contributed by atoms with van der Waals surface area (Å²) in [6.07, 6.45) is 0. The van der Waals surface area contributed by atoms with E-state index in [1.54, 1.807) is 0 Å². The van der Waals surface area contributed by atoms with E-state index in [9.17, 15) is 0 Å². The molecule has 0 amide bonds.